The number of terminal acetylenes is 1. The van der Waals surface area contributed by atoms with Gasteiger partial charge in [0.15, 0.2) is 0 Å². The van der Waals surface area contributed by atoms with Gasteiger partial charge in [-0.2, -0.15) is 0 Å². The molecule has 10 rings (SSSR count). The van der Waals surface area contributed by atoms with Crippen LogP contribution in [0.1, 0.15) is 17.5 Å². The van der Waals surface area contributed by atoms with Crippen molar-refractivity contribution in [1.82, 2.24) is 4.98 Å². The number of rotatable bonds is 8. The smallest absolute Gasteiger partial charge is 0.135 e. The molecule has 4 nitrogen and oxygen atoms in total. The molecule has 3 aromatic heterocycles. The highest BCUT2D eigenvalue weighted by molar-refractivity contribution is 7.25. The fourth-order valence-electron chi connectivity index (χ4n) is 8.85. The van der Waals surface area contributed by atoms with E-state index in [-0.39, 0.29) is 5.92 Å². The standard InChI is InChI=1S/C63H47N3OS/c1-3-45-19-8-5-4-7-18-44(2)66(51-32-34-61-56(43-51)55-41-50(29-33-60(55)67-61)53-24-12-13-25-54(53)59-26-14-16-38-65-59)39-17-22-46(28-27-45)48-30-35-62-57(40-48)58-42-49(31-36-63(58)68-62)52-23-11-10-21-47(52)20-9-6-15-37-64/h1,4,6-18,21-27,29-38,40-43,45H,2,19-20,39,64H2/b9-6-,18-7-,22-17-,37-15-. The molecule has 0 fully saturated rings. The summed E-state index contributed by atoms with van der Waals surface area (Å²) >= 11 is 1.81. The summed E-state index contributed by atoms with van der Waals surface area (Å²) in [6.45, 7) is 5.09. The maximum absolute atomic E-state index is 6.43. The molecule has 0 bridgehead atoms. The van der Waals surface area contributed by atoms with Crippen molar-refractivity contribution in [2.75, 3.05) is 11.4 Å². The van der Waals surface area contributed by atoms with Crippen molar-refractivity contribution in [1.29, 1.82) is 0 Å². The van der Waals surface area contributed by atoms with Gasteiger partial charge in [0, 0.05) is 72.1 Å². The molecular formula is C63H47N3OS. The molecule has 4 heterocycles. The quantitative estimate of drug-likeness (QED) is 0.0938. The monoisotopic (exact) mass is 893 g/mol. The van der Waals surface area contributed by atoms with Gasteiger partial charge in [-0.25, -0.2) is 0 Å². The van der Waals surface area contributed by atoms with Crippen LogP contribution in [-0.4, -0.2) is 11.5 Å². The van der Waals surface area contributed by atoms with Crippen molar-refractivity contribution in [3.8, 4) is 45.9 Å². The summed E-state index contributed by atoms with van der Waals surface area (Å²) in [7, 11) is 0. The molecule has 0 aliphatic carbocycles. The molecule has 5 heteroatoms. The maximum atomic E-state index is 6.43. The van der Waals surface area contributed by atoms with Crippen LogP contribution in [0.5, 0.6) is 0 Å². The molecule has 1 aliphatic rings. The second kappa shape index (κ2) is 19.9. The van der Waals surface area contributed by atoms with E-state index in [0.717, 1.165) is 73.3 Å². The Kier molecular flexibility index (Phi) is 12.6. The fourth-order valence-corrected chi connectivity index (χ4v) is 9.91. The molecule has 9 aromatic rings. The Hall–Kier alpha value is -8.61. The molecule has 1 atom stereocenters. The minimum Gasteiger partial charge on any atom is -0.456 e. The van der Waals surface area contributed by atoms with Crippen molar-refractivity contribution >= 4 is 64.7 Å². The van der Waals surface area contributed by atoms with E-state index in [1.807, 2.05) is 72.2 Å². The number of fused-ring (bicyclic) bond motifs is 6. The molecule has 68 heavy (non-hydrogen) atoms. The first kappa shape index (κ1) is 43.3. The average molecular weight is 894 g/mol. The number of thiophene rings is 1. The third-order valence-corrected chi connectivity index (χ3v) is 13.4. The van der Waals surface area contributed by atoms with Crippen molar-refractivity contribution in [2.45, 2.75) is 12.8 Å². The predicted octanol–water partition coefficient (Wildman–Crippen LogP) is 16.0. The van der Waals surface area contributed by atoms with Crippen LogP contribution in [0.2, 0.25) is 0 Å². The molecule has 0 saturated carbocycles. The summed E-state index contributed by atoms with van der Waals surface area (Å²) in [5.41, 5.74) is 25.9. The minimum absolute atomic E-state index is 0.144. The summed E-state index contributed by atoms with van der Waals surface area (Å²) in [5, 5.41) is 4.50. The second-order valence-corrected chi connectivity index (χ2v) is 17.7. The van der Waals surface area contributed by atoms with Crippen molar-refractivity contribution in [3.63, 3.8) is 0 Å². The van der Waals surface area contributed by atoms with E-state index >= 15 is 0 Å². The van der Waals surface area contributed by atoms with Gasteiger partial charge in [0.25, 0.3) is 0 Å². The van der Waals surface area contributed by atoms with Gasteiger partial charge in [0.1, 0.15) is 11.2 Å². The molecule has 0 radical (unpaired) electrons. The minimum atomic E-state index is -0.144. The first-order valence-corrected chi connectivity index (χ1v) is 23.6. The first-order valence-electron chi connectivity index (χ1n) is 22.7. The number of allylic oxidation sites excluding steroid dienone is 8. The first-order chi connectivity index (χ1) is 33.5. The van der Waals surface area contributed by atoms with Gasteiger partial charge in [0.2, 0.25) is 0 Å². The number of hydrogen-bond acceptors (Lipinski definition) is 5. The van der Waals surface area contributed by atoms with Gasteiger partial charge in [0.05, 0.1) is 5.69 Å². The van der Waals surface area contributed by atoms with Crippen molar-refractivity contribution < 1.29 is 4.42 Å². The highest BCUT2D eigenvalue weighted by Crippen LogP contribution is 2.40. The number of anilines is 1. The van der Waals surface area contributed by atoms with Crippen LogP contribution in [0.3, 0.4) is 0 Å². The Morgan fingerprint density at radius 2 is 1.47 bits per heavy atom. The number of furan rings is 1. The molecule has 2 N–H and O–H groups in total. The summed E-state index contributed by atoms with van der Waals surface area (Å²) in [6, 6.07) is 49.4. The average Bonchev–Trinajstić information content (AvgIpc) is 3.94. The molecule has 1 unspecified atom stereocenters. The van der Waals surface area contributed by atoms with E-state index in [0.29, 0.717) is 13.0 Å². The summed E-state index contributed by atoms with van der Waals surface area (Å²) in [6.07, 6.45) is 31.1. The van der Waals surface area contributed by atoms with Gasteiger partial charge in [-0.05, 0) is 156 Å². The molecule has 0 spiro atoms. The van der Waals surface area contributed by atoms with Gasteiger partial charge in [-0.3, -0.25) is 4.98 Å². The summed E-state index contributed by atoms with van der Waals surface area (Å²) < 4.78 is 8.91. The topological polar surface area (TPSA) is 55.3 Å². The third kappa shape index (κ3) is 9.13. The lowest BCUT2D eigenvalue weighted by Crippen LogP contribution is -2.20. The van der Waals surface area contributed by atoms with Crippen molar-refractivity contribution in [3.05, 3.63) is 248 Å². The van der Waals surface area contributed by atoms with Crippen LogP contribution < -0.4 is 10.6 Å². The molecule has 0 amide bonds. The Balaban J connectivity index is 1.02. The number of aromatic nitrogens is 1. The van der Waals surface area contributed by atoms with Crippen LogP contribution in [0, 0.1) is 18.3 Å². The normalized spacial score (nSPS) is 15.6. The van der Waals surface area contributed by atoms with Crippen LogP contribution in [-0.2, 0) is 6.42 Å². The third-order valence-electron chi connectivity index (χ3n) is 12.3. The van der Waals surface area contributed by atoms with Crippen LogP contribution in [0.15, 0.2) is 241 Å². The van der Waals surface area contributed by atoms with Gasteiger partial charge in [-0.15, -0.1) is 29.2 Å². The second-order valence-electron chi connectivity index (χ2n) is 16.6. The van der Waals surface area contributed by atoms with Crippen molar-refractivity contribution in [2.24, 2.45) is 11.7 Å². The lowest BCUT2D eigenvalue weighted by molar-refractivity contribution is 0.669. The highest BCUT2D eigenvalue weighted by atomic mass is 32.1. The zero-order valence-corrected chi connectivity index (χ0v) is 38.3. The molecular weight excluding hydrogens is 847 g/mol. The van der Waals surface area contributed by atoms with E-state index in [1.54, 1.807) is 6.20 Å². The zero-order valence-electron chi connectivity index (χ0n) is 37.5. The summed E-state index contributed by atoms with van der Waals surface area (Å²) in [4.78, 5) is 6.88. The SMILES string of the molecule is C#CC1C=C=C(c2ccc3sc4ccc(-c5ccccc5C/C=C\C=C/N)cc4c3c2)/C=C\CN(c2ccc3oc4ccc(-c5ccccc5-c5ccccn5)cc4c3c2)C(=C)/C=C\C=C=CC1. The number of nitrogens with two attached hydrogens (primary N) is 1. The Morgan fingerprint density at radius 1 is 0.765 bits per heavy atom. The molecule has 326 valence electrons. The van der Waals surface area contributed by atoms with Crippen LogP contribution >= 0.6 is 11.3 Å². The summed E-state index contributed by atoms with van der Waals surface area (Å²) in [5.74, 6) is 2.80. The van der Waals surface area contributed by atoms with Crippen LogP contribution in [0.4, 0.5) is 5.69 Å². The van der Waals surface area contributed by atoms with E-state index in [4.69, 9.17) is 16.6 Å². The van der Waals surface area contributed by atoms with E-state index < -0.39 is 0 Å². The lowest BCUT2D eigenvalue weighted by atomic mass is 9.95. The number of hydrogen-bond donors (Lipinski definition) is 1. The molecule has 0 saturated heterocycles. The fraction of sp³-hybridized carbons (Fsp3) is 0.0635. The number of pyridine rings is 1. The highest BCUT2D eigenvalue weighted by Gasteiger charge is 2.16. The van der Waals surface area contributed by atoms with Gasteiger partial charge < -0.3 is 15.1 Å². The molecule has 1 aliphatic heterocycles. The van der Waals surface area contributed by atoms with E-state index in [2.05, 4.69) is 179 Å². The maximum Gasteiger partial charge on any atom is 0.135 e. The zero-order chi connectivity index (χ0) is 46.2. The Labute approximate surface area is 401 Å². The largest absolute Gasteiger partial charge is 0.456 e. The lowest BCUT2D eigenvalue weighted by Gasteiger charge is -2.24. The molecule has 6 aromatic carbocycles. The van der Waals surface area contributed by atoms with E-state index in [1.165, 1.54) is 36.9 Å². The van der Waals surface area contributed by atoms with Gasteiger partial charge in [-0.1, -0.05) is 110 Å². The van der Waals surface area contributed by atoms with E-state index in [9.17, 15) is 0 Å². The Morgan fingerprint density at radius 3 is 2.28 bits per heavy atom. The Bertz CT molecular complexity index is 3680. The van der Waals surface area contributed by atoms with Crippen LogP contribution in [0.25, 0.3) is 81.2 Å². The number of nitrogens with zero attached hydrogens (tertiary/aromatic N) is 2. The predicted molar refractivity (Wildman–Crippen MR) is 289 cm³/mol. The van der Waals surface area contributed by atoms with Gasteiger partial charge >= 0.3 is 0 Å². The number of benzene rings is 6.